The Bertz CT molecular complexity index is 815. The van der Waals surface area contributed by atoms with Gasteiger partial charge in [0.25, 0.3) is 0 Å². The molecule has 0 saturated carbocycles. The first-order valence-electron chi connectivity index (χ1n) is 7.08. The Hall–Kier alpha value is -2.47. The van der Waals surface area contributed by atoms with E-state index in [2.05, 4.69) is 16.9 Å². The highest BCUT2D eigenvalue weighted by Gasteiger charge is 2.12. The summed E-state index contributed by atoms with van der Waals surface area (Å²) >= 11 is 0. The summed E-state index contributed by atoms with van der Waals surface area (Å²) in [5.74, 6) is -0.627. The minimum atomic E-state index is -3.38. The van der Waals surface area contributed by atoms with Crippen LogP contribution >= 0.6 is 0 Å². The number of benzene rings is 1. The van der Waals surface area contributed by atoms with Gasteiger partial charge in [-0.3, -0.25) is 9.78 Å². The normalized spacial score (nSPS) is 11.0. The first-order valence-corrected chi connectivity index (χ1v) is 8.80. The van der Waals surface area contributed by atoms with Crippen LogP contribution in [0.15, 0.2) is 54.6 Å². The molecule has 5 nitrogen and oxygen atoms in total. The van der Waals surface area contributed by atoms with Gasteiger partial charge in [0, 0.05) is 23.6 Å². The van der Waals surface area contributed by atoms with Gasteiger partial charge in [0.2, 0.25) is 5.91 Å². The average Bonchev–Trinajstić information content (AvgIpc) is 2.56. The van der Waals surface area contributed by atoms with Crippen LogP contribution in [0.4, 0.5) is 5.69 Å². The third-order valence-corrected chi connectivity index (χ3v) is 4.62. The summed E-state index contributed by atoms with van der Waals surface area (Å²) in [6, 6.07) is 11.5. The Morgan fingerprint density at radius 3 is 2.61 bits per heavy atom. The monoisotopic (exact) mass is 330 g/mol. The van der Waals surface area contributed by atoms with Crippen LogP contribution in [0.2, 0.25) is 0 Å². The lowest BCUT2D eigenvalue weighted by molar-refractivity contribution is -0.115. The average molecular weight is 330 g/mol. The van der Waals surface area contributed by atoms with E-state index in [1.165, 1.54) is 0 Å². The predicted molar refractivity (Wildman–Crippen MR) is 91.6 cm³/mol. The van der Waals surface area contributed by atoms with Gasteiger partial charge in [0.15, 0.2) is 9.84 Å². The third-order valence-electron chi connectivity index (χ3n) is 3.34. The highest BCUT2D eigenvalue weighted by atomic mass is 32.2. The smallest absolute Gasteiger partial charge is 0.225 e. The second-order valence-electron chi connectivity index (χ2n) is 5.05. The molecule has 0 atom stereocenters. The van der Waals surface area contributed by atoms with Gasteiger partial charge < -0.3 is 5.32 Å². The van der Waals surface area contributed by atoms with Crippen molar-refractivity contribution in [3.63, 3.8) is 0 Å². The molecule has 1 heterocycles. The van der Waals surface area contributed by atoms with Crippen LogP contribution in [0.5, 0.6) is 0 Å². The SMILES string of the molecule is C=CS(=O)(=O)CCC(=O)Nc1cc(-c2ccccc2)cnc1C. The number of pyridine rings is 1. The van der Waals surface area contributed by atoms with Gasteiger partial charge in [-0.25, -0.2) is 8.42 Å². The lowest BCUT2D eigenvalue weighted by atomic mass is 10.1. The molecule has 0 fully saturated rings. The van der Waals surface area contributed by atoms with Gasteiger partial charge in [0.1, 0.15) is 0 Å². The van der Waals surface area contributed by atoms with Crippen molar-refractivity contribution in [3.8, 4) is 11.1 Å². The zero-order valence-corrected chi connectivity index (χ0v) is 13.6. The van der Waals surface area contributed by atoms with Gasteiger partial charge >= 0.3 is 0 Å². The summed E-state index contributed by atoms with van der Waals surface area (Å²) in [6.07, 6.45) is 1.62. The lowest BCUT2D eigenvalue weighted by Gasteiger charge is -2.10. The quantitative estimate of drug-likeness (QED) is 0.883. The number of carbonyl (C=O) groups excluding carboxylic acids is 1. The first-order chi connectivity index (χ1) is 10.9. The standard InChI is InChI=1S/C17H18N2O3S/c1-3-23(21,22)10-9-17(20)19-16-11-15(12-18-13(16)2)14-7-5-4-6-8-14/h3-8,11-12H,1,9-10H2,2H3,(H,19,20). The van der Waals surface area contributed by atoms with E-state index in [0.717, 1.165) is 16.5 Å². The van der Waals surface area contributed by atoms with E-state index >= 15 is 0 Å². The van der Waals surface area contributed by atoms with Gasteiger partial charge in [0.05, 0.1) is 17.1 Å². The molecule has 0 bridgehead atoms. The zero-order chi connectivity index (χ0) is 16.9. The van der Waals surface area contributed by atoms with Crippen molar-refractivity contribution in [2.75, 3.05) is 11.1 Å². The van der Waals surface area contributed by atoms with E-state index in [9.17, 15) is 13.2 Å². The summed E-state index contributed by atoms with van der Waals surface area (Å²) in [4.78, 5) is 16.2. The fourth-order valence-electron chi connectivity index (χ4n) is 1.98. The lowest BCUT2D eigenvalue weighted by Crippen LogP contribution is -2.17. The second kappa shape index (κ2) is 7.19. The fraction of sp³-hybridized carbons (Fsp3) is 0.176. The van der Waals surface area contributed by atoms with Crippen LogP contribution in [-0.4, -0.2) is 25.1 Å². The van der Waals surface area contributed by atoms with E-state index in [1.807, 2.05) is 36.4 Å². The summed E-state index contributed by atoms with van der Waals surface area (Å²) in [5.41, 5.74) is 3.12. The topological polar surface area (TPSA) is 76.1 Å². The summed E-state index contributed by atoms with van der Waals surface area (Å²) in [5, 5.41) is 3.58. The molecular weight excluding hydrogens is 312 g/mol. The Labute approximate surface area is 136 Å². The molecule has 0 aliphatic carbocycles. The number of rotatable bonds is 6. The Kier molecular flexibility index (Phi) is 5.28. The van der Waals surface area contributed by atoms with Crippen LogP contribution in [0.3, 0.4) is 0 Å². The van der Waals surface area contributed by atoms with Crippen LogP contribution in [0.25, 0.3) is 11.1 Å². The molecule has 2 aromatic rings. The Morgan fingerprint density at radius 1 is 1.26 bits per heavy atom. The van der Waals surface area contributed by atoms with E-state index in [1.54, 1.807) is 13.1 Å². The van der Waals surface area contributed by atoms with Gasteiger partial charge in [-0.05, 0) is 18.6 Å². The van der Waals surface area contributed by atoms with Gasteiger partial charge in [-0.1, -0.05) is 36.9 Å². The minimum Gasteiger partial charge on any atom is -0.324 e. The number of hydrogen-bond acceptors (Lipinski definition) is 4. The molecular formula is C17H18N2O3S. The number of aromatic nitrogens is 1. The second-order valence-corrected chi connectivity index (χ2v) is 7.12. The van der Waals surface area contributed by atoms with E-state index in [4.69, 9.17) is 0 Å². The number of anilines is 1. The molecule has 0 spiro atoms. The van der Waals surface area contributed by atoms with Crippen molar-refractivity contribution in [2.24, 2.45) is 0 Å². The molecule has 0 aliphatic heterocycles. The van der Waals surface area contributed by atoms with Crippen molar-refractivity contribution < 1.29 is 13.2 Å². The molecule has 1 amide bonds. The molecule has 0 saturated heterocycles. The summed E-state index contributed by atoms with van der Waals surface area (Å²) in [7, 11) is -3.38. The maximum atomic E-state index is 11.9. The van der Waals surface area contributed by atoms with E-state index in [0.29, 0.717) is 11.4 Å². The van der Waals surface area contributed by atoms with Crippen molar-refractivity contribution in [3.05, 3.63) is 60.3 Å². The number of aryl methyl sites for hydroxylation is 1. The molecule has 1 aromatic carbocycles. The highest BCUT2D eigenvalue weighted by molar-refractivity contribution is 7.94. The number of nitrogens with one attached hydrogen (secondary N) is 1. The molecule has 6 heteroatoms. The molecule has 120 valence electrons. The van der Waals surface area contributed by atoms with Crippen LogP contribution in [0.1, 0.15) is 12.1 Å². The maximum absolute atomic E-state index is 11.9. The van der Waals surface area contributed by atoms with Gasteiger partial charge in [-0.2, -0.15) is 0 Å². The maximum Gasteiger partial charge on any atom is 0.225 e. The fourth-order valence-corrected chi connectivity index (χ4v) is 2.62. The summed E-state index contributed by atoms with van der Waals surface area (Å²) < 4.78 is 22.7. The largest absolute Gasteiger partial charge is 0.324 e. The van der Waals surface area contributed by atoms with Crippen LogP contribution in [0, 0.1) is 6.92 Å². The molecule has 2 rings (SSSR count). The highest BCUT2D eigenvalue weighted by Crippen LogP contribution is 2.23. The van der Waals surface area contributed by atoms with Crippen molar-refractivity contribution in [2.45, 2.75) is 13.3 Å². The van der Waals surface area contributed by atoms with E-state index in [-0.39, 0.29) is 18.1 Å². The molecule has 0 unspecified atom stereocenters. The third kappa shape index (κ3) is 4.75. The Morgan fingerprint density at radius 2 is 1.96 bits per heavy atom. The van der Waals surface area contributed by atoms with Crippen molar-refractivity contribution in [1.82, 2.24) is 4.98 Å². The molecule has 1 aromatic heterocycles. The minimum absolute atomic E-state index is 0.122. The number of nitrogens with zero attached hydrogens (tertiary/aromatic N) is 1. The number of hydrogen-bond donors (Lipinski definition) is 1. The molecule has 23 heavy (non-hydrogen) atoms. The number of amides is 1. The summed E-state index contributed by atoms with van der Waals surface area (Å²) in [6.45, 7) is 5.01. The van der Waals surface area contributed by atoms with Crippen LogP contribution in [-0.2, 0) is 14.6 Å². The number of sulfone groups is 1. The zero-order valence-electron chi connectivity index (χ0n) is 12.8. The van der Waals surface area contributed by atoms with Crippen molar-refractivity contribution >= 4 is 21.4 Å². The predicted octanol–water partition coefficient (Wildman–Crippen LogP) is 2.94. The molecule has 0 radical (unpaired) electrons. The van der Waals surface area contributed by atoms with Crippen LogP contribution < -0.4 is 5.32 Å². The first kappa shape index (κ1) is 16.9. The Balaban J connectivity index is 2.14. The van der Waals surface area contributed by atoms with Crippen molar-refractivity contribution in [1.29, 1.82) is 0 Å². The van der Waals surface area contributed by atoms with Gasteiger partial charge in [-0.15, -0.1) is 0 Å². The number of carbonyl (C=O) groups is 1. The molecule has 1 N–H and O–H groups in total. The van der Waals surface area contributed by atoms with E-state index < -0.39 is 9.84 Å². The molecule has 0 aliphatic rings.